The topological polar surface area (TPSA) is 62.6 Å². The minimum Gasteiger partial charge on any atom is -0.349 e. The molecule has 1 aromatic carbocycles. The Morgan fingerprint density at radius 2 is 1.80 bits per heavy atom. The van der Waals surface area contributed by atoms with Crippen LogP contribution in [0.15, 0.2) is 47.5 Å². The summed E-state index contributed by atoms with van der Waals surface area (Å²) in [5.74, 6) is 0.0982. The zero-order chi connectivity index (χ0) is 17.6. The van der Waals surface area contributed by atoms with Crippen LogP contribution >= 0.6 is 0 Å². The fraction of sp³-hybridized carbons (Fsp3) is 0.389. The molecular weight excluding hydrogens is 338 g/mol. The molecule has 3 heterocycles. The third kappa shape index (κ3) is 2.67. The molecule has 0 spiro atoms. The van der Waals surface area contributed by atoms with Crippen LogP contribution in [0.5, 0.6) is 0 Å². The summed E-state index contributed by atoms with van der Waals surface area (Å²) in [7, 11) is -3.57. The van der Waals surface area contributed by atoms with Crippen LogP contribution in [0.3, 0.4) is 0 Å². The maximum atomic E-state index is 13.1. The Labute approximate surface area is 147 Å². The van der Waals surface area contributed by atoms with Crippen LogP contribution < -0.4 is 4.90 Å². The number of sulfonamides is 1. The lowest BCUT2D eigenvalue weighted by atomic mass is 10.2. The first kappa shape index (κ1) is 16.4. The first-order chi connectivity index (χ1) is 12.0. The molecule has 2 aliphatic rings. The number of nitrogens with zero attached hydrogens (tertiary/aromatic N) is 3. The van der Waals surface area contributed by atoms with E-state index in [-0.39, 0.29) is 16.8 Å². The molecule has 1 amide bonds. The zero-order valence-electron chi connectivity index (χ0n) is 14.1. The Morgan fingerprint density at radius 1 is 1.04 bits per heavy atom. The Bertz CT molecular complexity index is 902. The molecule has 2 aromatic rings. The Balaban J connectivity index is 1.61. The summed E-state index contributed by atoms with van der Waals surface area (Å²) < 4.78 is 29.8. The number of hydrogen-bond donors (Lipinski definition) is 0. The molecule has 2 aliphatic heterocycles. The van der Waals surface area contributed by atoms with Gasteiger partial charge in [-0.3, -0.25) is 4.79 Å². The van der Waals surface area contributed by atoms with Gasteiger partial charge in [0.2, 0.25) is 15.9 Å². The summed E-state index contributed by atoms with van der Waals surface area (Å²) in [6.45, 7) is 3.73. The third-order valence-corrected chi connectivity index (χ3v) is 7.10. The van der Waals surface area contributed by atoms with Gasteiger partial charge in [-0.25, -0.2) is 8.42 Å². The summed E-state index contributed by atoms with van der Waals surface area (Å²) in [5, 5.41) is 0. The van der Waals surface area contributed by atoms with Gasteiger partial charge in [0.1, 0.15) is 0 Å². The van der Waals surface area contributed by atoms with Crippen molar-refractivity contribution in [3.8, 4) is 0 Å². The van der Waals surface area contributed by atoms with Gasteiger partial charge in [-0.1, -0.05) is 0 Å². The molecule has 1 atom stereocenters. The first-order valence-electron chi connectivity index (χ1n) is 8.56. The Hall–Kier alpha value is -2.12. The van der Waals surface area contributed by atoms with Crippen molar-refractivity contribution in [3.63, 3.8) is 0 Å². The number of aromatic nitrogens is 1. The maximum Gasteiger partial charge on any atom is 0.243 e. The molecular formula is C18H21N3O3S. The average molecular weight is 359 g/mol. The van der Waals surface area contributed by atoms with Crippen molar-refractivity contribution in [2.24, 2.45) is 0 Å². The van der Waals surface area contributed by atoms with E-state index >= 15 is 0 Å². The molecule has 132 valence electrons. The quantitative estimate of drug-likeness (QED) is 0.845. The van der Waals surface area contributed by atoms with Crippen molar-refractivity contribution in [1.82, 2.24) is 8.87 Å². The average Bonchev–Trinajstić information content (AvgIpc) is 3.24. The summed E-state index contributed by atoms with van der Waals surface area (Å²) in [6, 6.07) is 10.4. The molecule has 1 aromatic heterocycles. The Morgan fingerprint density at radius 3 is 2.48 bits per heavy atom. The molecule has 0 aliphatic carbocycles. The highest BCUT2D eigenvalue weighted by molar-refractivity contribution is 7.89. The van der Waals surface area contributed by atoms with Crippen molar-refractivity contribution in [2.75, 3.05) is 18.0 Å². The van der Waals surface area contributed by atoms with E-state index in [0.29, 0.717) is 26.1 Å². The summed E-state index contributed by atoms with van der Waals surface area (Å²) in [5.41, 5.74) is 1.77. The standard InChI is InChI=1S/C18H21N3O3S/c1-14-17-4-2-10-19(17)12-13-21(14)25(23,24)16-8-6-15(7-9-16)20-11-3-5-18(20)22/h2,4,6-10,14H,3,5,11-13H2,1H3. The smallest absolute Gasteiger partial charge is 0.243 e. The molecule has 0 radical (unpaired) electrons. The Kier molecular flexibility index (Phi) is 3.92. The normalized spacial score (nSPS) is 21.6. The highest BCUT2D eigenvalue weighted by Crippen LogP contribution is 2.32. The molecule has 1 fully saturated rings. The van der Waals surface area contributed by atoms with E-state index in [1.165, 1.54) is 0 Å². The lowest BCUT2D eigenvalue weighted by molar-refractivity contribution is -0.117. The summed E-state index contributed by atoms with van der Waals surface area (Å²) in [4.78, 5) is 13.8. The van der Waals surface area contributed by atoms with Gasteiger partial charge in [0.25, 0.3) is 0 Å². The van der Waals surface area contributed by atoms with Crippen LogP contribution in [0.4, 0.5) is 5.69 Å². The predicted molar refractivity (Wildman–Crippen MR) is 94.8 cm³/mol. The molecule has 0 N–H and O–H groups in total. The lowest BCUT2D eigenvalue weighted by Gasteiger charge is -2.34. The second-order valence-corrected chi connectivity index (χ2v) is 8.45. The minimum absolute atomic E-state index is 0.0982. The molecule has 6 nitrogen and oxygen atoms in total. The highest BCUT2D eigenvalue weighted by atomic mass is 32.2. The molecule has 0 saturated carbocycles. The van der Waals surface area contributed by atoms with Crippen molar-refractivity contribution < 1.29 is 13.2 Å². The fourth-order valence-electron chi connectivity index (χ4n) is 3.74. The van der Waals surface area contributed by atoms with E-state index in [1.807, 2.05) is 25.3 Å². The van der Waals surface area contributed by atoms with E-state index in [2.05, 4.69) is 4.57 Å². The fourth-order valence-corrected chi connectivity index (χ4v) is 5.34. The van der Waals surface area contributed by atoms with E-state index in [0.717, 1.165) is 17.8 Å². The number of amides is 1. The van der Waals surface area contributed by atoms with Gasteiger partial charge in [-0.05, 0) is 49.7 Å². The van der Waals surface area contributed by atoms with Crippen LogP contribution in [-0.4, -0.2) is 36.3 Å². The summed E-state index contributed by atoms with van der Waals surface area (Å²) in [6.07, 6.45) is 3.40. The lowest BCUT2D eigenvalue weighted by Crippen LogP contribution is -2.40. The van der Waals surface area contributed by atoms with Gasteiger partial charge in [0.05, 0.1) is 10.9 Å². The number of carbonyl (C=O) groups is 1. The van der Waals surface area contributed by atoms with Crippen LogP contribution in [0.25, 0.3) is 0 Å². The van der Waals surface area contributed by atoms with E-state index < -0.39 is 10.0 Å². The van der Waals surface area contributed by atoms with E-state index in [9.17, 15) is 13.2 Å². The second kappa shape index (κ2) is 6.00. The predicted octanol–water partition coefficient (Wildman–Crippen LogP) is 2.38. The van der Waals surface area contributed by atoms with Crippen LogP contribution in [0, 0.1) is 0 Å². The molecule has 7 heteroatoms. The van der Waals surface area contributed by atoms with Crippen LogP contribution in [-0.2, 0) is 21.4 Å². The summed E-state index contributed by atoms with van der Waals surface area (Å²) >= 11 is 0. The first-order valence-corrected chi connectivity index (χ1v) is 10.00. The molecule has 1 unspecified atom stereocenters. The van der Waals surface area contributed by atoms with E-state index in [4.69, 9.17) is 0 Å². The minimum atomic E-state index is -3.57. The number of hydrogen-bond acceptors (Lipinski definition) is 3. The molecule has 0 bridgehead atoms. The van der Waals surface area contributed by atoms with Crippen molar-refractivity contribution in [1.29, 1.82) is 0 Å². The van der Waals surface area contributed by atoms with Gasteiger partial charge in [-0.15, -0.1) is 0 Å². The molecule has 25 heavy (non-hydrogen) atoms. The monoisotopic (exact) mass is 359 g/mol. The molecule has 1 saturated heterocycles. The van der Waals surface area contributed by atoms with Gasteiger partial charge in [-0.2, -0.15) is 4.31 Å². The van der Waals surface area contributed by atoms with Crippen LogP contribution in [0.2, 0.25) is 0 Å². The van der Waals surface area contributed by atoms with Gasteiger partial charge < -0.3 is 9.47 Å². The SMILES string of the molecule is CC1c2cccn2CCN1S(=O)(=O)c1ccc(N2CCCC2=O)cc1. The van der Waals surface area contributed by atoms with Crippen molar-refractivity contribution in [2.45, 2.75) is 37.2 Å². The second-order valence-electron chi connectivity index (χ2n) is 6.56. The number of carbonyl (C=O) groups excluding carboxylic acids is 1. The highest BCUT2D eigenvalue weighted by Gasteiger charge is 2.34. The number of benzene rings is 1. The maximum absolute atomic E-state index is 13.1. The molecule has 4 rings (SSSR count). The number of anilines is 1. The third-order valence-electron chi connectivity index (χ3n) is 5.11. The number of rotatable bonds is 3. The van der Waals surface area contributed by atoms with E-state index in [1.54, 1.807) is 33.5 Å². The largest absolute Gasteiger partial charge is 0.349 e. The van der Waals surface area contributed by atoms with Gasteiger partial charge in [0.15, 0.2) is 0 Å². The number of fused-ring (bicyclic) bond motifs is 1. The van der Waals surface area contributed by atoms with Gasteiger partial charge in [0, 0.05) is 43.6 Å². The van der Waals surface area contributed by atoms with Crippen molar-refractivity contribution in [3.05, 3.63) is 48.3 Å². The van der Waals surface area contributed by atoms with Crippen molar-refractivity contribution >= 4 is 21.6 Å². The van der Waals surface area contributed by atoms with Gasteiger partial charge >= 0.3 is 0 Å². The zero-order valence-corrected chi connectivity index (χ0v) is 14.9. The van der Waals surface area contributed by atoms with Crippen LogP contribution in [0.1, 0.15) is 31.5 Å².